The summed E-state index contributed by atoms with van der Waals surface area (Å²) >= 11 is 0. The van der Waals surface area contributed by atoms with Crippen molar-refractivity contribution < 1.29 is 23.5 Å². The molecular formula is C15H17FN2O4. The average molecular weight is 308 g/mol. The van der Waals surface area contributed by atoms with Gasteiger partial charge in [-0.15, -0.1) is 0 Å². The lowest BCUT2D eigenvalue weighted by Gasteiger charge is -2.18. The number of primary amides is 1. The molecule has 7 heteroatoms. The second-order valence-electron chi connectivity index (χ2n) is 4.84. The Morgan fingerprint density at radius 2 is 2.00 bits per heavy atom. The first-order valence-corrected chi connectivity index (χ1v) is 6.54. The minimum atomic E-state index is -1.16. The molecule has 0 radical (unpaired) electrons. The molecule has 6 nitrogen and oxygen atoms in total. The van der Waals surface area contributed by atoms with Gasteiger partial charge in [0.2, 0.25) is 0 Å². The summed E-state index contributed by atoms with van der Waals surface area (Å²) in [5, 5.41) is 1.86. The van der Waals surface area contributed by atoms with Crippen LogP contribution in [0.4, 0.5) is 9.18 Å². The number of nitrogens with one attached hydrogen (secondary N) is 1. The number of carbonyl (C=O) groups excluding carboxylic acids is 3. The van der Waals surface area contributed by atoms with Crippen LogP contribution in [-0.2, 0) is 14.3 Å². The summed E-state index contributed by atoms with van der Waals surface area (Å²) in [4.78, 5) is 34.1. The molecule has 0 heterocycles. The van der Waals surface area contributed by atoms with Crippen LogP contribution in [0.2, 0.25) is 0 Å². The van der Waals surface area contributed by atoms with E-state index < -0.39 is 29.8 Å². The van der Waals surface area contributed by atoms with Crippen LogP contribution in [0.3, 0.4) is 0 Å². The third kappa shape index (κ3) is 5.74. The van der Waals surface area contributed by atoms with E-state index in [1.54, 1.807) is 19.9 Å². The summed E-state index contributed by atoms with van der Waals surface area (Å²) in [6.45, 7) is 3.30. The topological polar surface area (TPSA) is 98.5 Å². The molecule has 0 saturated heterocycles. The van der Waals surface area contributed by atoms with Gasteiger partial charge >= 0.3 is 12.0 Å². The second-order valence-corrected chi connectivity index (χ2v) is 4.84. The van der Waals surface area contributed by atoms with E-state index in [4.69, 9.17) is 10.5 Å². The van der Waals surface area contributed by atoms with Crippen LogP contribution in [0.15, 0.2) is 30.3 Å². The summed E-state index contributed by atoms with van der Waals surface area (Å²) in [6.07, 6.45) is 1.27. The number of amides is 3. The Balaban J connectivity index is 2.71. The molecule has 22 heavy (non-hydrogen) atoms. The van der Waals surface area contributed by atoms with Crippen LogP contribution >= 0.6 is 0 Å². The van der Waals surface area contributed by atoms with E-state index in [-0.39, 0.29) is 5.92 Å². The maximum absolute atomic E-state index is 13.0. The van der Waals surface area contributed by atoms with E-state index in [0.29, 0.717) is 5.56 Å². The highest BCUT2D eigenvalue weighted by molar-refractivity contribution is 5.97. The number of nitrogens with two attached hydrogens (primary N) is 1. The highest BCUT2D eigenvalue weighted by atomic mass is 19.1. The summed E-state index contributed by atoms with van der Waals surface area (Å²) < 4.78 is 18.0. The Labute approximate surface area is 127 Å². The molecule has 3 N–H and O–H groups in total. The zero-order chi connectivity index (χ0) is 16.7. The molecular weight excluding hydrogens is 291 g/mol. The Hall–Kier alpha value is -2.70. The van der Waals surface area contributed by atoms with E-state index in [1.807, 2.05) is 5.32 Å². The number of rotatable bonds is 5. The van der Waals surface area contributed by atoms with Crippen LogP contribution in [0.1, 0.15) is 19.4 Å². The third-order valence-electron chi connectivity index (χ3n) is 2.61. The second kappa shape index (κ2) is 7.92. The molecule has 1 aromatic carbocycles. The van der Waals surface area contributed by atoms with Crippen molar-refractivity contribution in [2.75, 3.05) is 0 Å². The van der Waals surface area contributed by atoms with Crippen LogP contribution in [0, 0.1) is 11.7 Å². The van der Waals surface area contributed by atoms with Gasteiger partial charge < -0.3 is 10.5 Å². The van der Waals surface area contributed by atoms with Crippen molar-refractivity contribution in [1.29, 1.82) is 0 Å². The number of ether oxygens (including phenoxy) is 1. The Bertz CT molecular complexity index is 599. The molecule has 118 valence electrons. The van der Waals surface area contributed by atoms with Crippen molar-refractivity contribution >= 4 is 24.0 Å². The molecule has 0 unspecified atom stereocenters. The fourth-order valence-corrected chi connectivity index (χ4v) is 1.62. The first-order chi connectivity index (χ1) is 10.3. The Morgan fingerprint density at radius 1 is 1.32 bits per heavy atom. The quantitative estimate of drug-likeness (QED) is 0.637. The standard InChI is InChI=1S/C15H17FN2O4/c1-9(2)13(14(20)18-15(17)21)22-12(19)7-6-10-4-3-5-11(16)8-10/h3-9,13H,1-2H3,(H3,17,18,20,21)/b7-6+/t13-/m0/s1. The fourth-order valence-electron chi connectivity index (χ4n) is 1.62. The van der Waals surface area contributed by atoms with Crippen molar-refractivity contribution in [3.05, 3.63) is 41.7 Å². The van der Waals surface area contributed by atoms with Crippen molar-refractivity contribution in [2.45, 2.75) is 20.0 Å². The predicted molar refractivity (Wildman–Crippen MR) is 77.9 cm³/mol. The van der Waals surface area contributed by atoms with E-state index in [9.17, 15) is 18.8 Å². The largest absolute Gasteiger partial charge is 0.449 e. The number of carbonyl (C=O) groups is 3. The highest BCUT2D eigenvalue weighted by Gasteiger charge is 2.26. The summed E-state index contributed by atoms with van der Waals surface area (Å²) in [5.41, 5.74) is 5.32. The SMILES string of the molecule is CC(C)[C@H](OC(=O)/C=C/c1cccc(F)c1)C(=O)NC(N)=O. The lowest BCUT2D eigenvalue weighted by Crippen LogP contribution is -2.45. The van der Waals surface area contributed by atoms with Gasteiger partial charge in [-0.1, -0.05) is 26.0 Å². The number of halogens is 1. The van der Waals surface area contributed by atoms with Gasteiger partial charge in [-0.25, -0.2) is 14.0 Å². The minimum absolute atomic E-state index is 0.356. The molecule has 1 atom stereocenters. The van der Waals surface area contributed by atoms with E-state index in [0.717, 1.165) is 6.08 Å². The van der Waals surface area contributed by atoms with Crippen LogP contribution in [0.25, 0.3) is 6.08 Å². The number of hydrogen-bond acceptors (Lipinski definition) is 4. The molecule has 0 saturated carbocycles. The van der Waals surface area contributed by atoms with Gasteiger partial charge in [0.1, 0.15) is 5.82 Å². The fraction of sp³-hybridized carbons (Fsp3) is 0.267. The Kier molecular flexibility index (Phi) is 6.25. The van der Waals surface area contributed by atoms with Gasteiger partial charge in [-0.3, -0.25) is 10.1 Å². The predicted octanol–water partition coefficient (Wildman–Crippen LogP) is 1.60. The van der Waals surface area contributed by atoms with E-state index >= 15 is 0 Å². The molecule has 0 aliphatic heterocycles. The number of benzene rings is 1. The molecule has 0 aromatic heterocycles. The third-order valence-corrected chi connectivity index (χ3v) is 2.61. The minimum Gasteiger partial charge on any atom is -0.449 e. The molecule has 0 aliphatic carbocycles. The van der Waals surface area contributed by atoms with Gasteiger partial charge in [0.15, 0.2) is 6.10 Å². The summed E-state index contributed by atoms with van der Waals surface area (Å²) in [5.74, 6) is -2.38. The number of imide groups is 1. The number of hydrogen-bond donors (Lipinski definition) is 2. The van der Waals surface area contributed by atoms with Crippen molar-refractivity contribution in [2.24, 2.45) is 11.7 Å². The molecule has 0 fully saturated rings. The molecule has 0 aliphatic rings. The van der Waals surface area contributed by atoms with Crippen molar-refractivity contribution in [3.8, 4) is 0 Å². The normalized spacial score (nSPS) is 12.2. The first kappa shape index (κ1) is 17.4. The summed E-state index contributed by atoms with van der Waals surface area (Å²) in [7, 11) is 0. The van der Waals surface area contributed by atoms with Gasteiger partial charge in [0.05, 0.1) is 0 Å². The molecule has 3 amide bonds. The lowest BCUT2D eigenvalue weighted by atomic mass is 10.1. The molecule has 1 aromatic rings. The zero-order valence-electron chi connectivity index (χ0n) is 12.2. The maximum Gasteiger partial charge on any atom is 0.331 e. The first-order valence-electron chi connectivity index (χ1n) is 6.54. The highest BCUT2D eigenvalue weighted by Crippen LogP contribution is 2.09. The average Bonchev–Trinajstić information content (AvgIpc) is 2.41. The molecule has 1 rings (SSSR count). The van der Waals surface area contributed by atoms with Crippen LogP contribution in [-0.4, -0.2) is 24.0 Å². The zero-order valence-corrected chi connectivity index (χ0v) is 12.2. The molecule has 0 bridgehead atoms. The summed E-state index contributed by atoms with van der Waals surface area (Å²) in [6, 6.07) is 4.59. The van der Waals surface area contributed by atoms with Crippen molar-refractivity contribution in [3.63, 3.8) is 0 Å². The number of esters is 1. The van der Waals surface area contributed by atoms with E-state index in [2.05, 4.69) is 0 Å². The Morgan fingerprint density at radius 3 is 2.55 bits per heavy atom. The van der Waals surface area contributed by atoms with Crippen molar-refractivity contribution in [1.82, 2.24) is 5.32 Å². The van der Waals surface area contributed by atoms with Gasteiger partial charge in [0, 0.05) is 6.08 Å². The van der Waals surface area contributed by atoms with Gasteiger partial charge in [0.25, 0.3) is 5.91 Å². The smallest absolute Gasteiger partial charge is 0.331 e. The van der Waals surface area contributed by atoms with Crippen LogP contribution in [0.5, 0.6) is 0 Å². The monoisotopic (exact) mass is 308 g/mol. The van der Waals surface area contributed by atoms with Gasteiger partial charge in [-0.2, -0.15) is 0 Å². The lowest BCUT2D eigenvalue weighted by molar-refractivity contribution is -0.153. The van der Waals surface area contributed by atoms with Gasteiger partial charge in [-0.05, 0) is 29.7 Å². The van der Waals surface area contributed by atoms with E-state index in [1.165, 1.54) is 24.3 Å². The molecule has 0 spiro atoms. The number of urea groups is 1. The van der Waals surface area contributed by atoms with Crippen LogP contribution < -0.4 is 11.1 Å². The maximum atomic E-state index is 13.0.